The molecule has 0 amide bonds. The van der Waals surface area contributed by atoms with Crippen LogP contribution >= 0.6 is 0 Å². The van der Waals surface area contributed by atoms with Gasteiger partial charge in [-0.05, 0) is 31.9 Å². The Morgan fingerprint density at radius 3 is 2.76 bits per heavy atom. The molecular weight excluding hydrogens is 217 g/mol. The van der Waals surface area contributed by atoms with Gasteiger partial charge in [-0.15, -0.1) is 0 Å². The maximum absolute atomic E-state index is 13.7. The van der Waals surface area contributed by atoms with Gasteiger partial charge in [-0.25, -0.2) is 4.39 Å². The molecular formula is C14H20FNO. The van der Waals surface area contributed by atoms with Crippen LogP contribution in [0.5, 0.6) is 0 Å². The van der Waals surface area contributed by atoms with Crippen LogP contribution in [0.25, 0.3) is 0 Å². The van der Waals surface area contributed by atoms with E-state index in [2.05, 4.69) is 5.32 Å². The second-order valence-corrected chi connectivity index (χ2v) is 4.51. The summed E-state index contributed by atoms with van der Waals surface area (Å²) in [6, 6.07) is 6.89. The molecule has 1 atom stereocenters. The molecule has 2 rings (SSSR count). The number of likely N-dealkylation sites (N-methyl/N-ethyl adjacent to an activating group) is 1. The molecule has 1 unspecified atom stereocenters. The van der Waals surface area contributed by atoms with E-state index in [1.807, 2.05) is 19.1 Å². The summed E-state index contributed by atoms with van der Waals surface area (Å²) in [4.78, 5) is 0. The van der Waals surface area contributed by atoms with E-state index in [1.54, 1.807) is 6.07 Å². The van der Waals surface area contributed by atoms with Gasteiger partial charge in [0, 0.05) is 12.1 Å². The van der Waals surface area contributed by atoms with Crippen LogP contribution in [0.15, 0.2) is 24.3 Å². The third kappa shape index (κ3) is 3.27. The molecule has 1 aliphatic rings. The topological polar surface area (TPSA) is 21.3 Å². The first-order valence-corrected chi connectivity index (χ1v) is 6.42. The van der Waals surface area contributed by atoms with Crippen LogP contribution in [-0.4, -0.2) is 19.2 Å². The lowest BCUT2D eigenvalue weighted by molar-refractivity contribution is -0.0530. The molecule has 0 bridgehead atoms. The van der Waals surface area contributed by atoms with Crippen LogP contribution in [0.1, 0.15) is 37.9 Å². The minimum Gasteiger partial charge on any atom is -0.369 e. The molecule has 94 valence electrons. The molecule has 0 saturated heterocycles. The predicted octanol–water partition coefficient (Wildman–Crippen LogP) is 3.05. The highest BCUT2D eigenvalue weighted by Gasteiger charge is 2.24. The first-order valence-electron chi connectivity index (χ1n) is 6.42. The average Bonchev–Trinajstić information content (AvgIpc) is 2.28. The molecule has 1 aliphatic carbocycles. The number of benzene rings is 1. The summed E-state index contributed by atoms with van der Waals surface area (Å²) in [5, 5.41) is 3.24. The van der Waals surface area contributed by atoms with Gasteiger partial charge in [-0.2, -0.15) is 0 Å². The smallest absolute Gasteiger partial charge is 0.129 e. The van der Waals surface area contributed by atoms with Gasteiger partial charge in [-0.1, -0.05) is 25.1 Å². The van der Waals surface area contributed by atoms with Gasteiger partial charge in [-0.3, -0.25) is 0 Å². The van der Waals surface area contributed by atoms with Crippen LogP contribution in [0.4, 0.5) is 4.39 Å². The van der Waals surface area contributed by atoms with Crippen molar-refractivity contribution in [1.29, 1.82) is 0 Å². The maximum atomic E-state index is 13.7. The van der Waals surface area contributed by atoms with Crippen molar-refractivity contribution >= 4 is 0 Å². The number of hydrogen-bond donors (Lipinski definition) is 1. The zero-order valence-electron chi connectivity index (χ0n) is 10.3. The lowest BCUT2D eigenvalue weighted by Gasteiger charge is -2.31. The summed E-state index contributed by atoms with van der Waals surface area (Å²) in [6.07, 6.45) is 3.60. The number of halogens is 1. The molecule has 1 fully saturated rings. The summed E-state index contributed by atoms with van der Waals surface area (Å²) in [7, 11) is 0. The van der Waals surface area contributed by atoms with Crippen molar-refractivity contribution in [2.45, 2.75) is 38.4 Å². The van der Waals surface area contributed by atoms with E-state index in [0.29, 0.717) is 18.2 Å². The van der Waals surface area contributed by atoms with Gasteiger partial charge < -0.3 is 10.1 Å². The van der Waals surface area contributed by atoms with E-state index in [4.69, 9.17) is 4.74 Å². The molecule has 0 heterocycles. The van der Waals surface area contributed by atoms with Crippen LogP contribution in [0.3, 0.4) is 0 Å². The zero-order chi connectivity index (χ0) is 12.1. The van der Waals surface area contributed by atoms with E-state index in [-0.39, 0.29) is 11.9 Å². The Balaban J connectivity index is 2.05. The van der Waals surface area contributed by atoms with Crippen molar-refractivity contribution in [2.24, 2.45) is 0 Å². The first kappa shape index (κ1) is 12.5. The predicted molar refractivity (Wildman–Crippen MR) is 66.4 cm³/mol. The van der Waals surface area contributed by atoms with Gasteiger partial charge in [0.2, 0.25) is 0 Å². The number of rotatable bonds is 6. The molecule has 1 aromatic carbocycles. The Hall–Kier alpha value is -0.930. The Bertz CT molecular complexity index is 352. The molecule has 0 spiro atoms. The van der Waals surface area contributed by atoms with Crippen molar-refractivity contribution in [2.75, 3.05) is 13.1 Å². The Kier molecular flexibility index (Phi) is 4.51. The summed E-state index contributed by atoms with van der Waals surface area (Å²) in [5.74, 6) is -0.172. The summed E-state index contributed by atoms with van der Waals surface area (Å²) >= 11 is 0. The van der Waals surface area contributed by atoms with Crippen LogP contribution in [0, 0.1) is 5.82 Å². The van der Waals surface area contributed by atoms with Gasteiger partial charge in [0.15, 0.2) is 0 Å². The zero-order valence-corrected chi connectivity index (χ0v) is 10.3. The van der Waals surface area contributed by atoms with Gasteiger partial charge in [0.05, 0.1) is 12.2 Å². The van der Waals surface area contributed by atoms with E-state index >= 15 is 0 Å². The fraction of sp³-hybridized carbons (Fsp3) is 0.571. The fourth-order valence-electron chi connectivity index (χ4n) is 1.98. The largest absolute Gasteiger partial charge is 0.369 e. The number of ether oxygens (including phenoxy) is 1. The van der Waals surface area contributed by atoms with Crippen molar-refractivity contribution in [3.05, 3.63) is 35.6 Å². The van der Waals surface area contributed by atoms with E-state index in [9.17, 15) is 4.39 Å². The van der Waals surface area contributed by atoms with Crippen molar-refractivity contribution in [3.8, 4) is 0 Å². The van der Waals surface area contributed by atoms with Crippen molar-refractivity contribution in [1.82, 2.24) is 5.32 Å². The van der Waals surface area contributed by atoms with E-state index < -0.39 is 0 Å². The third-order valence-corrected chi connectivity index (χ3v) is 3.24. The van der Waals surface area contributed by atoms with Crippen molar-refractivity contribution < 1.29 is 9.13 Å². The maximum Gasteiger partial charge on any atom is 0.129 e. The highest BCUT2D eigenvalue weighted by atomic mass is 19.1. The van der Waals surface area contributed by atoms with Crippen LogP contribution in [0.2, 0.25) is 0 Å². The lowest BCUT2D eigenvalue weighted by atomic mass is 9.95. The second kappa shape index (κ2) is 6.12. The Morgan fingerprint density at radius 1 is 1.41 bits per heavy atom. The fourth-order valence-corrected chi connectivity index (χ4v) is 1.98. The van der Waals surface area contributed by atoms with Gasteiger partial charge in [0.1, 0.15) is 5.82 Å². The monoisotopic (exact) mass is 237 g/mol. The Labute approximate surface area is 102 Å². The average molecular weight is 237 g/mol. The molecule has 2 nitrogen and oxygen atoms in total. The number of nitrogens with one attached hydrogen (secondary N) is 1. The van der Waals surface area contributed by atoms with E-state index in [0.717, 1.165) is 19.4 Å². The minimum absolute atomic E-state index is 0.165. The normalized spacial score (nSPS) is 17.8. The first-order chi connectivity index (χ1) is 8.31. The van der Waals surface area contributed by atoms with Crippen LogP contribution in [-0.2, 0) is 4.74 Å². The lowest BCUT2D eigenvalue weighted by Crippen LogP contribution is -2.30. The molecule has 0 aliphatic heterocycles. The highest BCUT2D eigenvalue weighted by molar-refractivity contribution is 5.20. The second-order valence-electron chi connectivity index (χ2n) is 4.51. The minimum atomic E-state index is -0.172. The van der Waals surface area contributed by atoms with Crippen molar-refractivity contribution in [3.63, 3.8) is 0 Å². The molecule has 1 N–H and O–H groups in total. The highest BCUT2D eigenvalue weighted by Crippen LogP contribution is 2.29. The van der Waals surface area contributed by atoms with Crippen LogP contribution < -0.4 is 5.32 Å². The summed E-state index contributed by atoms with van der Waals surface area (Å²) in [6.45, 7) is 3.59. The molecule has 3 heteroatoms. The quantitative estimate of drug-likeness (QED) is 0.821. The number of hydrogen-bond acceptors (Lipinski definition) is 2. The molecule has 1 aromatic rings. The summed E-state index contributed by atoms with van der Waals surface area (Å²) in [5.41, 5.74) is 0.667. The Morgan fingerprint density at radius 2 is 2.18 bits per heavy atom. The summed E-state index contributed by atoms with van der Waals surface area (Å²) < 4.78 is 19.7. The molecule has 17 heavy (non-hydrogen) atoms. The van der Waals surface area contributed by atoms with Gasteiger partial charge >= 0.3 is 0 Å². The standard InChI is InChI=1S/C14H20FNO/c1-2-16-10-14(17-11-6-5-7-11)12-8-3-4-9-13(12)15/h3-4,8-9,11,14,16H,2,5-7,10H2,1H3. The van der Waals surface area contributed by atoms with E-state index in [1.165, 1.54) is 12.5 Å². The molecule has 0 radical (unpaired) electrons. The van der Waals surface area contributed by atoms with Gasteiger partial charge in [0.25, 0.3) is 0 Å². The molecule has 1 saturated carbocycles. The third-order valence-electron chi connectivity index (χ3n) is 3.24. The SMILES string of the molecule is CCNCC(OC1CCC1)c1ccccc1F. The molecule has 0 aromatic heterocycles.